The van der Waals surface area contributed by atoms with E-state index in [2.05, 4.69) is 19.2 Å². The molecule has 0 spiro atoms. The van der Waals surface area contributed by atoms with Crippen LogP contribution < -0.4 is 10.1 Å². The van der Waals surface area contributed by atoms with Crippen LogP contribution in [0.1, 0.15) is 43.9 Å². The molecule has 0 saturated heterocycles. The lowest BCUT2D eigenvalue weighted by Gasteiger charge is -2.31. The Morgan fingerprint density at radius 2 is 1.74 bits per heavy atom. The molecule has 2 aromatic rings. The van der Waals surface area contributed by atoms with Crippen LogP contribution in [-0.4, -0.2) is 42.5 Å². The molecule has 0 heterocycles. The lowest BCUT2D eigenvalue weighted by atomic mass is 10.1. The fourth-order valence-electron chi connectivity index (χ4n) is 3.42. The summed E-state index contributed by atoms with van der Waals surface area (Å²) in [7, 11) is 0. The van der Waals surface area contributed by atoms with Crippen molar-refractivity contribution >= 4 is 11.8 Å². The quantitative estimate of drug-likeness (QED) is 0.585. The lowest BCUT2D eigenvalue weighted by molar-refractivity contribution is -0.142. The summed E-state index contributed by atoms with van der Waals surface area (Å²) in [6, 6.07) is 15.3. The second-order valence-electron chi connectivity index (χ2n) is 8.37. The molecule has 0 radical (unpaired) electrons. The first-order valence-electron chi connectivity index (χ1n) is 11.1. The number of aryl methyl sites for hydroxylation is 1. The molecule has 1 N–H and O–H groups in total. The van der Waals surface area contributed by atoms with Crippen LogP contribution in [0.3, 0.4) is 0 Å². The van der Waals surface area contributed by atoms with E-state index >= 15 is 0 Å². The van der Waals surface area contributed by atoms with Crippen LogP contribution in [0, 0.1) is 19.8 Å². The van der Waals surface area contributed by atoms with E-state index in [0.717, 1.165) is 16.7 Å². The maximum Gasteiger partial charge on any atom is 0.261 e. The number of hydrogen-bond donors (Lipinski definition) is 1. The van der Waals surface area contributed by atoms with Gasteiger partial charge < -0.3 is 15.0 Å². The van der Waals surface area contributed by atoms with Crippen LogP contribution in [0.2, 0.25) is 0 Å². The molecule has 168 valence electrons. The first-order chi connectivity index (χ1) is 14.8. The van der Waals surface area contributed by atoms with Crippen molar-refractivity contribution in [3.05, 3.63) is 65.2 Å². The third kappa shape index (κ3) is 7.42. The number of amides is 2. The molecule has 0 aliphatic rings. The summed E-state index contributed by atoms with van der Waals surface area (Å²) < 4.78 is 5.86. The topological polar surface area (TPSA) is 58.6 Å². The molecule has 2 rings (SSSR count). The van der Waals surface area contributed by atoms with Crippen molar-refractivity contribution < 1.29 is 14.3 Å². The van der Waals surface area contributed by atoms with Gasteiger partial charge in [0, 0.05) is 13.1 Å². The van der Waals surface area contributed by atoms with Gasteiger partial charge in [0.2, 0.25) is 5.91 Å². The van der Waals surface area contributed by atoms with Gasteiger partial charge in [-0.1, -0.05) is 63.2 Å². The molecule has 5 nitrogen and oxygen atoms in total. The highest BCUT2D eigenvalue weighted by atomic mass is 16.5. The Morgan fingerprint density at radius 1 is 1.03 bits per heavy atom. The van der Waals surface area contributed by atoms with Crippen LogP contribution in [0.5, 0.6) is 5.75 Å². The molecule has 0 fully saturated rings. The normalized spacial score (nSPS) is 11.8. The van der Waals surface area contributed by atoms with Crippen molar-refractivity contribution in [2.75, 3.05) is 19.7 Å². The lowest BCUT2D eigenvalue weighted by Crippen LogP contribution is -2.51. The van der Waals surface area contributed by atoms with Gasteiger partial charge in [-0.05, 0) is 55.4 Å². The zero-order valence-electron chi connectivity index (χ0n) is 19.5. The van der Waals surface area contributed by atoms with Crippen molar-refractivity contribution in [3.8, 4) is 5.75 Å². The molecule has 0 aromatic heterocycles. The van der Waals surface area contributed by atoms with Crippen molar-refractivity contribution in [1.29, 1.82) is 0 Å². The van der Waals surface area contributed by atoms with Crippen molar-refractivity contribution in [1.82, 2.24) is 10.2 Å². The van der Waals surface area contributed by atoms with Gasteiger partial charge in [-0.2, -0.15) is 0 Å². The summed E-state index contributed by atoms with van der Waals surface area (Å²) in [4.78, 5) is 27.7. The highest BCUT2D eigenvalue weighted by molar-refractivity contribution is 5.88. The second-order valence-corrected chi connectivity index (χ2v) is 8.37. The Bertz CT molecular complexity index is 849. The van der Waals surface area contributed by atoms with Gasteiger partial charge in [0.15, 0.2) is 6.61 Å². The summed E-state index contributed by atoms with van der Waals surface area (Å²) in [6.45, 7) is 11.0. The van der Waals surface area contributed by atoms with E-state index in [1.54, 1.807) is 4.90 Å². The number of hydrogen-bond acceptors (Lipinski definition) is 3. The SMILES string of the molecule is CCC(C(=O)NCC(C)C)N(CCc1ccccc1)C(=O)COc1cccc(C)c1C. The second kappa shape index (κ2) is 12.1. The standard InChI is InChI=1S/C26H36N2O3/c1-6-23(26(30)27-17-19(2)3)28(16-15-22-12-8-7-9-13-22)25(29)18-31-24-14-10-11-20(4)21(24)5/h7-14,19,23H,6,15-18H2,1-5H3,(H,27,30). The number of benzene rings is 2. The number of carbonyl (C=O) groups excluding carboxylic acids is 2. The molecule has 0 aliphatic heterocycles. The third-order valence-electron chi connectivity index (χ3n) is 5.46. The van der Waals surface area contributed by atoms with E-state index in [4.69, 9.17) is 4.74 Å². The first-order valence-corrected chi connectivity index (χ1v) is 11.1. The van der Waals surface area contributed by atoms with Crippen LogP contribution in [0.4, 0.5) is 0 Å². The van der Waals surface area contributed by atoms with Gasteiger partial charge >= 0.3 is 0 Å². The molecule has 2 amide bonds. The van der Waals surface area contributed by atoms with Crippen LogP contribution in [0.25, 0.3) is 0 Å². The Hall–Kier alpha value is -2.82. The van der Waals surface area contributed by atoms with Crippen molar-refractivity contribution in [3.63, 3.8) is 0 Å². The first kappa shape index (κ1) is 24.4. The van der Waals surface area contributed by atoms with Crippen LogP contribution in [0.15, 0.2) is 48.5 Å². The van der Waals surface area contributed by atoms with Crippen LogP contribution >= 0.6 is 0 Å². The molecule has 0 bridgehead atoms. The molecule has 0 aliphatic carbocycles. The number of rotatable bonds is 11. The minimum absolute atomic E-state index is 0.0902. The average Bonchev–Trinajstić information content (AvgIpc) is 2.76. The molecule has 1 unspecified atom stereocenters. The van der Waals surface area contributed by atoms with E-state index in [0.29, 0.717) is 37.6 Å². The van der Waals surface area contributed by atoms with Crippen molar-refractivity contribution in [2.24, 2.45) is 5.92 Å². The maximum absolute atomic E-state index is 13.2. The summed E-state index contributed by atoms with van der Waals surface area (Å²) >= 11 is 0. The molecule has 1 atom stereocenters. The predicted molar refractivity (Wildman–Crippen MR) is 125 cm³/mol. The van der Waals surface area contributed by atoms with Gasteiger partial charge in [-0.25, -0.2) is 0 Å². The number of nitrogens with one attached hydrogen (secondary N) is 1. The summed E-state index contributed by atoms with van der Waals surface area (Å²) in [6.07, 6.45) is 1.23. The number of carbonyl (C=O) groups is 2. The molecule has 31 heavy (non-hydrogen) atoms. The Labute approximate surface area is 186 Å². The average molecular weight is 425 g/mol. The summed E-state index contributed by atoms with van der Waals surface area (Å²) in [5.41, 5.74) is 3.27. The van der Waals surface area contributed by atoms with Crippen molar-refractivity contribution in [2.45, 2.75) is 53.5 Å². The molecule has 0 saturated carbocycles. The van der Waals surface area contributed by atoms with Gasteiger partial charge in [0.1, 0.15) is 11.8 Å². The maximum atomic E-state index is 13.2. The zero-order valence-corrected chi connectivity index (χ0v) is 19.5. The Morgan fingerprint density at radius 3 is 2.39 bits per heavy atom. The third-order valence-corrected chi connectivity index (χ3v) is 5.46. The Balaban J connectivity index is 2.14. The highest BCUT2D eigenvalue weighted by Crippen LogP contribution is 2.21. The minimum Gasteiger partial charge on any atom is -0.483 e. The van der Waals surface area contributed by atoms with E-state index in [1.807, 2.05) is 69.3 Å². The largest absolute Gasteiger partial charge is 0.483 e. The van der Waals surface area contributed by atoms with Gasteiger partial charge in [0.05, 0.1) is 0 Å². The summed E-state index contributed by atoms with van der Waals surface area (Å²) in [5.74, 6) is 0.768. The zero-order chi connectivity index (χ0) is 22.8. The predicted octanol–water partition coefficient (Wildman–Crippen LogP) is 4.30. The number of nitrogens with zero attached hydrogens (tertiary/aromatic N) is 1. The van der Waals surface area contributed by atoms with E-state index in [1.165, 1.54) is 0 Å². The monoisotopic (exact) mass is 424 g/mol. The summed E-state index contributed by atoms with van der Waals surface area (Å²) in [5, 5.41) is 2.98. The minimum atomic E-state index is -0.517. The molecular formula is C26H36N2O3. The van der Waals surface area contributed by atoms with E-state index < -0.39 is 6.04 Å². The molecule has 5 heteroatoms. The number of ether oxygens (including phenoxy) is 1. The van der Waals surface area contributed by atoms with Gasteiger partial charge in [-0.15, -0.1) is 0 Å². The Kier molecular flexibility index (Phi) is 9.57. The fraction of sp³-hybridized carbons (Fsp3) is 0.462. The highest BCUT2D eigenvalue weighted by Gasteiger charge is 2.28. The van der Waals surface area contributed by atoms with Crippen LogP contribution in [-0.2, 0) is 16.0 Å². The smallest absolute Gasteiger partial charge is 0.261 e. The van der Waals surface area contributed by atoms with Gasteiger partial charge in [0.25, 0.3) is 5.91 Å². The van der Waals surface area contributed by atoms with E-state index in [-0.39, 0.29) is 18.4 Å². The molecular weight excluding hydrogens is 388 g/mol. The molecule has 2 aromatic carbocycles. The van der Waals surface area contributed by atoms with Gasteiger partial charge in [-0.3, -0.25) is 9.59 Å². The van der Waals surface area contributed by atoms with E-state index in [9.17, 15) is 9.59 Å². The fourth-order valence-corrected chi connectivity index (χ4v) is 3.42.